The smallest absolute Gasteiger partial charge is 0.225 e. The first-order valence-corrected chi connectivity index (χ1v) is 8.16. The van der Waals surface area contributed by atoms with Crippen LogP contribution in [0.25, 0.3) is 0 Å². The zero-order valence-electron chi connectivity index (χ0n) is 14.2. The molecular weight excluding hydrogens is 305 g/mol. The summed E-state index contributed by atoms with van der Waals surface area (Å²) in [4.78, 5) is 12.4. The van der Waals surface area contributed by atoms with Crippen LogP contribution in [-0.4, -0.2) is 11.5 Å². The molecule has 2 aromatic rings. The molecule has 3 rings (SSSR count). The second kappa shape index (κ2) is 6.27. The van der Waals surface area contributed by atoms with Crippen molar-refractivity contribution in [2.24, 2.45) is 0 Å². The number of fused-ring (bicyclic) bond motifs is 1. The number of carbonyl (C=O) groups excluding carboxylic acids is 1. The summed E-state index contributed by atoms with van der Waals surface area (Å²) in [6.45, 7) is 6.02. The van der Waals surface area contributed by atoms with E-state index >= 15 is 0 Å². The molecule has 1 amide bonds. The van der Waals surface area contributed by atoms with Crippen LogP contribution in [0, 0.1) is 12.7 Å². The molecule has 4 heteroatoms. The molecule has 24 heavy (non-hydrogen) atoms. The quantitative estimate of drug-likeness (QED) is 0.922. The minimum absolute atomic E-state index is 0.0333. The Balaban J connectivity index is 1.80. The van der Waals surface area contributed by atoms with E-state index < -0.39 is 0 Å². The molecular formula is C20H22FNO2. The Morgan fingerprint density at radius 1 is 1.29 bits per heavy atom. The fourth-order valence-corrected chi connectivity index (χ4v) is 3.16. The Morgan fingerprint density at radius 3 is 2.79 bits per heavy atom. The van der Waals surface area contributed by atoms with E-state index in [-0.39, 0.29) is 29.8 Å². The zero-order chi connectivity index (χ0) is 17.3. The van der Waals surface area contributed by atoms with E-state index in [1.807, 2.05) is 39.0 Å². The summed E-state index contributed by atoms with van der Waals surface area (Å²) in [6.07, 6.45) is 0.706. The van der Waals surface area contributed by atoms with Crippen molar-refractivity contribution in [3.8, 4) is 5.75 Å². The molecule has 0 aliphatic carbocycles. The second-order valence-electron chi connectivity index (χ2n) is 7.00. The summed E-state index contributed by atoms with van der Waals surface area (Å²) < 4.78 is 19.8. The van der Waals surface area contributed by atoms with Crippen LogP contribution < -0.4 is 10.1 Å². The van der Waals surface area contributed by atoms with Gasteiger partial charge >= 0.3 is 0 Å². The van der Waals surface area contributed by atoms with Gasteiger partial charge in [-0.2, -0.15) is 0 Å². The molecule has 0 saturated heterocycles. The Hall–Kier alpha value is -2.36. The highest BCUT2D eigenvalue weighted by Crippen LogP contribution is 2.39. The van der Waals surface area contributed by atoms with Crippen molar-refractivity contribution >= 4 is 5.91 Å². The van der Waals surface area contributed by atoms with E-state index in [0.717, 1.165) is 16.9 Å². The standard InChI is InChI=1S/C20H22FNO2/c1-13-8-9-18-15(10-13)17(12-20(2,3)24-18)22-19(23)11-14-6-4-5-7-16(14)21/h4-10,17H,11-12H2,1-3H3,(H,22,23)/t17-/m0/s1. The van der Waals surface area contributed by atoms with Crippen molar-refractivity contribution in [2.75, 3.05) is 0 Å². The average Bonchev–Trinajstić information content (AvgIpc) is 2.49. The van der Waals surface area contributed by atoms with Gasteiger partial charge in [0.2, 0.25) is 5.91 Å². The highest BCUT2D eigenvalue weighted by Gasteiger charge is 2.34. The first kappa shape index (κ1) is 16.5. The summed E-state index contributed by atoms with van der Waals surface area (Å²) in [5.74, 6) is 0.263. The van der Waals surface area contributed by atoms with Crippen LogP contribution in [0.15, 0.2) is 42.5 Å². The fraction of sp³-hybridized carbons (Fsp3) is 0.350. The van der Waals surface area contributed by atoms with Gasteiger partial charge in [0.1, 0.15) is 17.2 Å². The minimum atomic E-state index is -0.363. The maximum absolute atomic E-state index is 13.7. The van der Waals surface area contributed by atoms with Crippen molar-refractivity contribution < 1.29 is 13.9 Å². The third kappa shape index (κ3) is 3.58. The van der Waals surface area contributed by atoms with Gasteiger partial charge in [0.05, 0.1) is 12.5 Å². The summed E-state index contributed by atoms with van der Waals surface area (Å²) in [6, 6.07) is 12.2. The molecule has 0 unspecified atom stereocenters. The van der Waals surface area contributed by atoms with Crippen LogP contribution in [0.3, 0.4) is 0 Å². The Bertz CT molecular complexity index is 770. The maximum Gasteiger partial charge on any atom is 0.225 e. The van der Waals surface area contributed by atoms with E-state index in [2.05, 4.69) is 5.32 Å². The topological polar surface area (TPSA) is 38.3 Å². The number of aryl methyl sites for hydroxylation is 1. The normalized spacial score (nSPS) is 18.4. The third-order valence-electron chi connectivity index (χ3n) is 4.27. The van der Waals surface area contributed by atoms with Crippen molar-refractivity contribution in [1.29, 1.82) is 0 Å². The predicted octanol–water partition coefficient (Wildman–Crippen LogP) is 4.10. The monoisotopic (exact) mass is 327 g/mol. The van der Waals surface area contributed by atoms with Gasteiger partial charge in [0, 0.05) is 12.0 Å². The molecule has 1 N–H and O–H groups in total. The van der Waals surface area contributed by atoms with Crippen molar-refractivity contribution in [3.05, 3.63) is 65.0 Å². The average molecular weight is 327 g/mol. The lowest BCUT2D eigenvalue weighted by molar-refractivity contribution is -0.121. The Kier molecular flexibility index (Phi) is 4.31. The maximum atomic E-state index is 13.7. The van der Waals surface area contributed by atoms with Crippen LogP contribution in [0.5, 0.6) is 5.75 Å². The molecule has 3 nitrogen and oxygen atoms in total. The number of rotatable bonds is 3. The molecule has 0 spiro atoms. The number of carbonyl (C=O) groups is 1. The van der Waals surface area contributed by atoms with E-state index in [0.29, 0.717) is 12.0 Å². The molecule has 0 aromatic heterocycles. The number of hydrogen-bond donors (Lipinski definition) is 1. The number of amides is 1. The van der Waals surface area contributed by atoms with Gasteiger partial charge in [0.25, 0.3) is 0 Å². The van der Waals surface area contributed by atoms with Gasteiger partial charge in [0.15, 0.2) is 0 Å². The molecule has 126 valence electrons. The van der Waals surface area contributed by atoms with Crippen LogP contribution >= 0.6 is 0 Å². The third-order valence-corrected chi connectivity index (χ3v) is 4.27. The number of benzene rings is 2. The van der Waals surface area contributed by atoms with Crippen molar-refractivity contribution in [2.45, 2.75) is 45.3 Å². The van der Waals surface area contributed by atoms with Gasteiger partial charge in [-0.1, -0.05) is 35.9 Å². The predicted molar refractivity (Wildman–Crippen MR) is 91.5 cm³/mol. The molecule has 1 heterocycles. The molecule has 1 atom stereocenters. The van der Waals surface area contributed by atoms with Gasteiger partial charge in [-0.25, -0.2) is 4.39 Å². The molecule has 2 aromatic carbocycles. The van der Waals surface area contributed by atoms with Crippen LogP contribution in [0.1, 0.15) is 43.0 Å². The summed E-state index contributed by atoms with van der Waals surface area (Å²) >= 11 is 0. The molecule has 1 aliphatic heterocycles. The lowest BCUT2D eigenvalue weighted by Crippen LogP contribution is -2.41. The number of ether oxygens (including phenoxy) is 1. The minimum Gasteiger partial charge on any atom is -0.487 e. The second-order valence-corrected chi connectivity index (χ2v) is 7.00. The van der Waals surface area contributed by atoms with E-state index in [9.17, 15) is 9.18 Å². The molecule has 0 radical (unpaired) electrons. The number of nitrogens with one attached hydrogen (secondary N) is 1. The van der Waals surface area contributed by atoms with Crippen LogP contribution in [0.4, 0.5) is 4.39 Å². The number of hydrogen-bond acceptors (Lipinski definition) is 2. The molecule has 0 saturated carbocycles. The Labute approximate surface area is 141 Å². The van der Waals surface area contributed by atoms with Gasteiger partial charge in [-0.3, -0.25) is 4.79 Å². The first-order chi connectivity index (χ1) is 11.3. The van der Waals surface area contributed by atoms with Gasteiger partial charge in [-0.05, 0) is 38.5 Å². The summed E-state index contributed by atoms with van der Waals surface area (Å²) in [5, 5.41) is 3.05. The van der Waals surface area contributed by atoms with E-state index in [1.54, 1.807) is 18.2 Å². The van der Waals surface area contributed by atoms with Crippen molar-refractivity contribution in [1.82, 2.24) is 5.32 Å². The summed E-state index contributed by atoms with van der Waals surface area (Å²) in [7, 11) is 0. The lowest BCUT2D eigenvalue weighted by Gasteiger charge is -2.38. The van der Waals surface area contributed by atoms with E-state index in [4.69, 9.17) is 4.74 Å². The van der Waals surface area contributed by atoms with Gasteiger partial charge in [-0.15, -0.1) is 0 Å². The fourth-order valence-electron chi connectivity index (χ4n) is 3.16. The SMILES string of the molecule is Cc1ccc2c(c1)[C@@H](NC(=O)Cc1ccccc1F)CC(C)(C)O2. The highest BCUT2D eigenvalue weighted by atomic mass is 19.1. The highest BCUT2D eigenvalue weighted by molar-refractivity contribution is 5.79. The first-order valence-electron chi connectivity index (χ1n) is 8.16. The Morgan fingerprint density at radius 2 is 2.04 bits per heavy atom. The van der Waals surface area contributed by atoms with E-state index in [1.165, 1.54) is 6.07 Å². The molecule has 0 bridgehead atoms. The zero-order valence-corrected chi connectivity index (χ0v) is 14.2. The van der Waals surface area contributed by atoms with Crippen LogP contribution in [-0.2, 0) is 11.2 Å². The van der Waals surface area contributed by atoms with Crippen LogP contribution in [0.2, 0.25) is 0 Å². The molecule has 1 aliphatic rings. The molecule has 0 fully saturated rings. The van der Waals surface area contributed by atoms with Gasteiger partial charge < -0.3 is 10.1 Å². The summed E-state index contributed by atoms with van der Waals surface area (Å²) in [5.41, 5.74) is 2.14. The number of halogens is 1. The lowest BCUT2D eigenvalue weighted by atomic mass is 9.89. The largest absolute Gasteiger partial charge is 0.487 e. The van der Waals surface area contributed by atoms with Crippen molar-refractivity contribution in [3.63, 3.8) is 0 Å².